The highest BCUT2D eigenvalue weighted by Crippen LogP contribution is 2.45. The zero-order valence-corrected chi connectivity index (χ0v) is 31.5. The quantitative estimate of drug-likeness (QED) is 0.107. The molecule has 3 aromatic rings. The number of Topliss-reactive ketones (excluding diaryl/α,β-unsaturated/α-hetero) is 1. The lowest BCUT2D eigenvalue weighted by Crippen LogP contribution is -2.33. The smallest absolute Gasteiger partial charge is 0.419 e. The second-order valence-corrected chi connectivity index (χ2v) is 14.0. The topological polar surface area (TPSA) is 77.8 Å². The molecule has 298 valence electrons. The van der Waals surface area contributed by atoms with Gasteiger partial charge >= 0.3 is 18.3 Å². The molecule has 0 aliphatic heterocycles. The van der Waals surface area contributed by atoms with Crippen molar-refractivity contribution in [1.82, 2.24) is 9.47 Å². The van der Waals surface area contributed by atoms with Gasteiger partial charge < -0.3 is 18.9 Å². The largest absolute Gasteiger partial charge is 0.496 e. The third kappa shape index (κ3) is 10.5. The predicted molar refractivity (Wildman–Crippen MR) is 188 cm³/mol. The van der Waals surface area contributed by atoms with E-state index in [0.29, 0.717) is 24.2 Å². The molecule has 1 aromatic heterocycles. The molecule has 1 unspecified atom stereocenters. The third-order valence-electron chi connectivity index (χ3n) is 9.15. The zero-order valence-electron chi connectivity index (χ0n) is 31.5. The molecule has 0 amide bonds. The minimum atomic E-state index is -5.35. The van der Waals surface area contributed by atoms with E-state index in [9.17, 15) is 40.7 Å². The normalized spacial score (nSPS) is 13.4. The molecule has 0 radical (unpaired) electrons. The van der Waals surface area contributed by atoms with E-state index in [1.165, 1.54) is 40.0 Å². The number of ether oxygens (including phenoxy) is 2. The summed E-state index contributed by atoms with van der Waals surface area (Å²) in [5, 5.41) is 0. The SMILES string of the molecule is CCOC(=O)C[C@H](CC(=O)C(CC(C)C)n1cc(CCCN(C)C)c(C(F)(F)F)cc1=O)c1c(F)c(-c2c(C)ccc(OC)c2C)cc(C(F)(F)F)c1F. The highest BCUT2D eigenvalue weighted by Gasteiger charge is 2.41. The fourth-order valence-electron chi connectivity index (χ4n) is 6.67. The molecule has 7 nitrogen and oxygen atoms in total. The van der Waals surface area contributed by atoms with Crippen LogP contribution < -0.4 is 10.3 Å². The van der Waals surface area contributed by atoms with E-state index in [2.05, 4.69) is 0 Å². The van der Waals surface area contributed by atoms with Gasteiger partial charge in [0, 0.05) is 35.7 Å². The van der Waals surface area contributed by atoms with Gasteiger partial charge in [-0.25, -0.2) is 8.78 Å². The average Bonchev–Trinajstić information content (AvgIpc) is 3.04. The van der Waals surface area contributed by atoms with Gasteiger partial charge in [-0.3, -0.25) is 14.4 Å². The number of nitrogens with zero attached hydrogens (tertiary/aromatic N) is 2. The summed E-state index contributed by atoms with van der Waals surface area (Å²) < 4.78 is 130. The van der Waals surface area contributed by atoms with Crippen molar-refractivity contribution in [2.24, 2.45) is 5.92 Å². The maximum atomic E-state index is 16.8. The molecule has 3 rings (SSSR count). The Hall–Kier alpha value is -4.27. The summed E-state index contributed by atoms with van der Waals surface area (Å²) in [4.78, 5) is 42.2. The number of carbonyl (C=O) groups is 2. The molecule has 0 fully saturated rings. The summed E-state index contributed by atoms with van der Waals surface area (Å²) in [7, 11) is 4.76. The molecule has 0 spiro atoms. The number of alkyl halides is 6. The van der Waals surface area contributed by atoms with Crippen molar-refractivity contribution in [3.8, 4) is 16.9 Å². The Balaban J connectivity index is 2.33. The minimum Gasteiger partial charge on any atom is -0.496 e. The van der Waals surface area contributed by atoms with Gasteiger partial charge in [-0.15, -0.1) is 0 Å². The third-order valence-corrected chi connectivity index (χ3v) is 9.15. The van der Waals surface area contributed by atoms with Crippen LogP contribution in [0.1, 0.15) is 91.8 Å². The van der Waals surface area contributed by atoms with E-state index in [-0.39, 0.29) is 54.2 Å². The number of aryl methyl sites for hydroxylation is 2. The van der Waals surface area contributed by atoms with E-state index in [1.54, 1.807) is 32.8 Å². The first-order valence-electron chi connectivity index (χ1n) is 17.4. The lowest BCUT2D eigenvalue weighted by molar-refractivity contribution is -0.143. The molecule has 0 N–H and O–H groups in total. The Morgan fingerprint density at radius 3 is 2.09 bits per heavy atom. The first-order valence-corrected chi connectivity index (χ1v) is 17.4. The lowest BCUT2D eigenvalue weighted by atomic mass is 9.83. The van der Waals surface area contributed by atoms with E-state index in [4.69, 9.17) is 9.47 Å². The average molecular weight is 775 g/mol. The molecule has 0 bridgehead atoms. The summed E-state index contributed by atoms with van der Waals surface area (Å²) in [5.41, 5.74) is -5.81. The summed E-state index contributed by atoms with van der Waals surface area (Å²) in [5.74, 6) is -7.56. The van der Waals surface area contributed by atoms with Crippen LogP contribution in [0.15, 0.2) is 35.3 Å². The zero-order chi connectivity index (χ0) is 40.9. The number of hydrogen-bond donors (Lipinski definition) is 0. The molecule has 0 saturated heterocycles. The van der Waals surface area contributed by atoms with Gasteiger partial charge in [-0.1, -0.05) is 19.9 Å². The molecule has 1 heterocycles. The Morgan fingerprint density at radius 2 is 1.56 bits per heavy atom. The second-order valence-electron chi connectivity index (χ2n) is 14.0. The molecule has 15 heteroatoms. The second kappa shape index (κ2) is 17.9. The van der Waals surface area contributed by atoms with Crippen molar-refractivity contribution in [3.05, 3.63) is 85.8 Å². The van der Waals surface area contributed by atoms with Gasteiger partial charge in [0.1, 0.15) is 17.4 Å². The standard InChI is InChI=1S/C39H46F8N2O5/c1-9-54-33(52)17-25(35-36(40)26(18-28(37(35)41)39(45,46)47)34-22(4)12-13-31(53-8)23(34)5)16-30(50)29(15-21(2)3)49-20-24(11-10-14-48(6)7)27(19-32(49)51)38(42,43)44/h12-13,18-21,25,29H,9-11,14-17H2,1-8H3/t25-,29?/m0/s1. The monoisotopic (exact) mass is 774 g/mol. The first-order chi connectivity index (χ1) is 25.0. The number of pyridine rings is 1. The predicted octanol–water partition coefficient (Wildman–Crippen LogP) is 9.23. The Bertz CT molecular complexity index is 1880. The Morgan fingerprint density at radius 1 is 0.926 bits per heavy atom. The molecule has 0 saturated carbocycles. The molecule has 0 aliphatic carbocycles. The van der Waals surface area contributed by atoms with Gasteiger partial charge in [0.05, 0.1) is 37.3 Å². The molecule has 2 aromatic carbocycles. The minimum absolute atomic E-state index is 0.0319. The van der Waals surface area contributed by atoms with Crippen molar-refractivity contribution >= 4 is 11.8 Å². The molecule has 54 heavy (non-hydrogen) atoms. The molecular formula is C39H46F8N2O5. The van der Waals surface area contributed by atoms with Crippen LogP contribution in [0.2, 0.25) is 0 Å². The van der Waals surface area contributed by atoms with Crippen molar-refractivity contribution in [2.75, 3.05) is 34.4 Å². The van der Waals surface area contributed by atoms with Crippen LogP contribution in [0.25, 0.3) is 11.1 Å². The molecule has 0 aliphatic rings. The summed E-state index contributed by atoms with van der Waals surface area (Å²) in [6.45, 7) is 7.95. The van der Waals surface area contributed by atoms with Crippen LogP contribution in [0.4, 0.5) is 35.1 Å². The van der Waals surface area contributed by atoms with Crippen LogP contribution in [0, 0.1) is 31.4 Å². The number of rotatable bonds is 16. The van der Waals surface area contributed by atoms with Crippen LogP contribution in [-0.4, -0.2) is 55.6 Å². The highest BCUT2D eigenvalue weighted by molar-refractivity contribution is 5.85. The van der Waals surface area contributed by atoms with Crippen molar-refractivity contribution in [3.63, 3.8) is 0 Å². The summed E-state index contributed by atoms with van der Waals surface area (Å²) in [6, 6.07) is 2.21. The number of benzene rings is 2. The Kier molecular flexibility index (Phi) is 14.6. The van der Waals surface area contributed by atoms with Crippen molar-refractivity contribution < 1.29 is 54.2 Å². The Labute approximate surface area is 309 Å². The van der Waals surface area contributed by atoms with E-state index in [0.717, 1.165) is 10.8 Å². The molecular weight excluding hydrogens is 728 g/mol. The van der Waals surface area contributed by atoms with E-state index >= 15 is 8.78 Å². The van der Waals surface area contributed by atoms with E-state index < -0.39 is 88.4 Å². The number of carbonyl (C=O) groups excluding carboxylic acids is 2. The summed E-state index contributed by atoms with van der Waals surface area (Å²) >= 11 is 0. The van der Waals surface area contributed by atoms with Gasteiger partial charge in [-0.05, 0) is 101 Å². The first kappa shape index (κ1) is 44.1. The highest BCUT2D eigenvalue weighted by atomic mass is 19.4. The number of esters is 1. The van der Waals surface area contributed by atoms with Crippen LogP contribution in [0.5, 0.6) is 5.75 Å². The van der Waals surface area contributed by atoms with Gasteiger partial charge in [-0.2, -0.15) is 26.3 Å². The number of aromatic nitrogens is 1. The number of halogens is 8. The molecule has 2 atom stereocenters. The number of hydrogen-bond acceptors (Lipinski definition) is 6. The van der Waals surface area contributed by atoms with Crippen LogP contribution in [-0.2, 0) is 33.1 Å². The maximum Gasteiger partial charge on any atom is 0.419 e. The van der Waals surface area contributed by atoms with E-state index in [1.807, 2.05) is 0 Å². The lowest BCUT2D eigenvalue weighted by Gasteiger charge is -2.27. The van der Waals surface area contributed by atoms with Crippen LogP contribution >= 0.6 is 0 Å². The van der Waals surface area contributed by atoms with Gasteiger partial charge in [0.2, 0.25) is 0 Å². The fourth-order valence-corrected chi connectivity index (χ4v) is 6.67. The van der Waals surface area contributed by atoms with Crippen LogP contribution in [0.3, 0.4) is 0 Å². The summed E-state index contributed by atoms with van der Waals surface area (Å²) in [6.07, 6.45) is -11.2. The number of ketones is 1. The van der Waals surface area contributed by atoms with Gasteiger partial charge in [0.15, 0.2) is 5.78 Å². The van der Waals surface area contributed by atoms with Crippen molar-refractivity contribution in [1.29, 1.82) is 0 Å². The van der Waals surface area contributed by atoms with Gasteiger partial charge in [0.25, 0.3) is 5.56 Å². The fraction of sp³-hybridized carbons (Fsp3) is 0.513. The number of methoxy groups -OCH3 is 1. The van der Waals surface area contributed by atoms with Crippen molar-refractivity contribution in [2.45, 2.75) is 91.0 Å². The maximum absolute atomic E-state index is 16.8.